The molecule has 1 saturated heterocycles. The maximum atomic E-state index is 13.2. The number of rotatable bonds is 3. The minimum Gasteiger partial charge on any atom is -0.369 e. The van der Waals surface area contributed by atoms with Crippen molar-refractivity contribution in [2.24, 2.45) is 0 Å². The normalized spacial score (nSPS) is 17.3. The molecule has 31 heavy (non-hydrogen) atoms. The molecule has 0 radical (unpaired) electrons. The molecule has 0 amide bonds. The summed E-state index contributed by atoms with van der Waals surface area (Å²) < 4.78 is 14.8. The molecule has 156 valence electrons. The third-order valence-corrected chi connectivity index (χ3v) is 5.79. The number of hydrogen-bond donors (Lipinski definition) is 1. The van der Waals surface area contributed by atoms with Crippen LogP contribution in [0.2, 0.25) is 0 Å². The molecule has 0 aliphatic carbocycles. The van der Waals surface area contributed by atoms with Crippen LogP contribution in [0.1, 0.15) is 18.3 Å². The van der Waals surface area contributed by atoms with Crippen LogP contribution in [0.4, 0.5) is 16.0 Å². The third kappa shape index (κ3) is 3.41. The largest absolute Gasteiger partial charge is 0.369 e. The Kier molecular flexibility index (Phi) is 4.64. The summed E-state index contributed by atoms with van der Waals surface area (Å²) in [7, 11) is 0. The van der Waals surface area contributed by atoms with Gasteiger partial charge >= 0.3 is 0 Å². The average molecular weight is 416 g/mol. The summed E-state index contributed by atoms with van der Waals surface area (Å²) in [6, 6.07) is 14.4. The van der Waals surface area contributed by atoms with Crippen LogP contribution in [0.3, 0.4) is 0 Å². The number of nitriles is 1. The molecule has 3 heterocycles. The van der Waals surface area contributed by atoms with Gasteiger partial charge in [-0.3, -0.25) is 4.90 Å². The molecule has 5 rings (SSSR count). The number of para-hydroxylation sites is 1. The first-order valence-electron chi connectivity index (χ1n) is 10.1. The van der Waals surface area contributed by atoms with E-state index in [2.05, 4.69) is 32.9 Å². The van der Waals surface area contributed by atoms with Gasteiger partial charge in [0.25, 0.3) is 0 Å². The highest BCUT2D eigenvalue weighted by atomic mass is 19.1. The zero-order valence-corrected chi connectivity index (χ0v) is 17.0. The second-order valence-electron chi connectivity index (χ2n) is 7.79. The minimum absolute atomic E-state index is 0.207. The molecule has 0 bridgehead atoms. The Hall–Kier alpha value is -3.77. The van der Waals surface area contributed by atoms with Gasteiger partial charge in [-0.1, -0.05) is 6.07 Å². The average Bonchev–Trinajstić information content (AvgIpc) is 3.20. The first-order valence-corrected chi connectivity index (χ1v) is 10.1. The van der Waals surface area contributed by atoms with Crippen LogP contribution >= 0.6 is 0 Å². The SMILES string of the molecule is CC1CN(c2ccc(F)cc2)CCN1Cc1nc2c3cccc(C#N)c3nc(N)n2n1. The van der Waals surface area contributed by atoms with Crippen LogP contribution in [0.5, 0.6) is 0 Å². The van der Waals surface area contributed by atoms with Crippen LogP contribution in [-0.2, 0) is 6.54 Å². The van der Waals surface area contributed by atoms with Crippen LogP contribution in [-0.4, -0.2) is 50.2 Å². The fraction of sp³-hybridized carbons (Fsp3) is 0.273. The van der Waals surface area contributed by atoms with Crippen LogP contribution < -0.4 is 10.6 Å². The molecule has 1 fully saturated rings. The van der Waals surface area contributed by atoms with Crippen molar-refractivity contribution in [3.05, 3.63) is 59.7 Å². The Morgan fingerprint density at radius 2 is 1.97 bits per heavy atom. The maximum absolute atomic E-state index is 13.2. The molecule has 2 N–H and O–H groups in total. The summed E-state index contributed by atoms with van der Waals surface area (Å²) in [5.74, 6) is 0.639. The van der Waals surface area contributed by atoms with E-state index in [1.54, 1.807) is 6.07 Å². The number of halogens is 1. The Morgan fingerprint density at radius 1 is 1.16 bits per heavy atom. The lowest BCUT2D eigenvalue weighted by Crippen LogP contribution is -2.51. The van der Waals surface area contributed by atoms with Crippen molar-refractivity contribution in [2.75, 3.05) is 30.3 Å². The summed E-state index contributed by atoms with van der Waals surface area (Å²) in [6.45, 7) is 5.24. The van der Waals surface area contributed by atoms with Gasteiger partial charge in [-0.05, 0) is 43.3 Å². The van der Waals surface area contributed by atoms with E-state index in [1.807, 2.05) is 24.3 Å². The zero-order chi connectivity index (χ0) is 21.5. The standard InChI is InChI=1S/C22H21FN8/c1-14-12-30(17-7-5-16(23)6-8-17)10-9-29(14)13-19-26-21-18-4-2-3-15(11-24)20(18)27-22(25)31(21)28-19/h2-8,14H,9-10,12-13H2,1H3,(H2,25,27). The molecule has 9 heteroatoms. The Bertz CT molecular complexity index is 1310. The van der Waals surface area contributed by atoms with E-state index in [4.69, 9.17) is 10.7 Å². The number of hydrogen-bond acceptors (Lipinski definition) is 7. The van der Waals surface area contributed by atoms with E-state index in [1.165, 1.54) is 16.6 Å². The second-order valence-corrected chi connectivity index (χ2v) is 7.79. The van der Waals surface area contributed by atoms with Gasteiger partial charge in [0.15, 0.2) is 11.5 Å². The smallest absolute Gasteiger partial charge is 0.223 e. The van der Waals surface area contributed by atoms with E-state index in [9.17, 15) is 9.65 Å². The van der Waals surface area contributed by atoms with Crippen molar-refractivity contribution < 1.29 is 4.39 Å². The molecule has 1 atom stereocenters. The summed E-state index contributed by atoms with van der Waals surface area (Å²) in [4.78, 5) is 13.7. The lowest BCUT2D eigenvalue weighted by atomic mass is 10.1. The number of fused-ring (bicyclic) bond motifs is 3. The lowest BCUT2D eigenvalue weighted by molar-refractivity contribution is 0.177. The van der Waals surface area contributed by atoms with E-state index < -0.39 is 0 Å². The van der Waals surface area contributed by atoms with Gasteiger partial charge in [-0.15, -0.1) is 5.10 Å². The van der Waals surface area contributed by atoms with Gasteiger partial charge in [0, 0.05) is 36.7 Å². The quantitative estimate of drug-likeness (QED) is 0.548. The van der Waals surface area contributed by atoms with Crippen LogP contribution in [0, 0.1) is 17.1 Å². The summed E-state index contributed by atoms with van der Waals surface area (Å²) >= 11 is 0. The molecule has 2 aromatic carbocycles. The number of nitrogen functional groups attached to an aromatic ring is 1. The molecule has 8 nitrogen and oxygen atoms in total. The van der Waals surface area contributed by atoms with Crippen molar-refractivity contribution in [3.8, 4) is 6.07 Å². The number of nitrogens with zero attached hydrogens (tertiary/aromatic N) is 7. The number of benzene rings is 2. The minimum atomic E-state index is -0.225. The molecule has 4 aromatic rings. The Morgan fingerprint density at radius 3 is 2.71 bits per heavy atom. The van der Waals surface area contributed by atoms with Gasteiger partial charge in [0.1, 0.15) is 11.9 Å². The van der Waals surface area contributed by atoms with Gasteiger partial charge < -0.3 is 10.6 Å². The summed E-state index contributed by atoms with van der Waals surface area (Å²) in [5, 5.41) is 14.7. The third-order valence-electron chi connectivity index (χ3n) is 5.79. The zero-order valence-electron chi connectivity index (χ0n) is 17.0. The summed E-state index contributed by atoms with van der Waals surface area (Å²) in [5.41, 5.74) is 8.73. The molecular weight excluding hydrogens is 395 g/mol. The predicted octanol–water partition coefficient (Wildman–Crippen LogP) is 2.58. The van der Waals surface area contributed by atoms with E-state index in [-0.39, 0.29) is 17.8 Å². The van der Waals surface area contributed by atoms with Gasteiger partial charge in [-0.25, -0.2) is 14.4 Å². The molecular formula is C22H21FN8. The van der Waals surface area contributed by atoms with Crippen molar-refractivity contribution in [3.63, 3.8) is 0 Å². The number of anilines is 2. The molecule has 0 saturated carbocycles. The first-order chi connectivity index (χ1) is 15.0. The molecule has 1 aliphatic heterocycles. The van der Waals surface area contributed by atoms with Crippen LogP contribution in [0.25, 0.3) is 16.6 Å². The fourth-order valence-electron chi connectivity index (χ4n) is 4.15. The predicted molar refractivity (Wildman–Crippen MR) is 116 cm³/mol. The Balaban J connectivity index is 1.40. The van der Waals surface area contributed by atoms with Gasteiger partial charge in [-0.2, -0.15) is 9.78 Å². The van der Waals surface area contributed by atoms with Crippen molar-refractivity contribution in [2.45, 2.75) is 19.5 Å². The van der Waals surface area contributed by atoms with E-state index in [0.29, 0.717) is 29.1 Å². The van der Waals surface area contributed by atoms with Gasteiger partial charge in [0.05, 0.1) is 17.6 Å². The Labute approximate surface area is 178 Å². The number of aromatic nitrogens is 4. The molecule has 2 aromatic heterocycles. The fourth-order valence-corrected chi connectivity index (χ4v) is 4.15. The van der Waals surface area contributed by atoms with Gasteiger partial charge in [0.2, 0.25) is 5.95 Å². The highest BCUT2D eigenvalue weighted by molar-refractivity contribution is 5.95. The highest BCUT2D eigenvalue weighted by Crippen LogP contribution is 2.24. The molecule has 1 unspecified atom stereocenters. The maximum Gasteiger partial charge on any atom is 0.223 e. The lowest BCUT2D eigenvalue weighted by Gasteiger charge is -2.40. The highest BCUT2D eigenvalue weighted by Gasteiger charge is 2.25. The number of piperazine rings is 1. The second kappa shape index (κ2) is 7.49. The summed E-state index contributed by atoms with van der Waals surface area (Å²) in [6.07, 6.45) is 0. The molecule has 1 aliphatic rings. The van der Waals surface area contributed by atoms with E-state index >= 15 is 0 Å². The molecule has 0 spiro atoms. The van der Waals surface area contributed by atoms with E-state index in [0.717, 1.165) is 30.7 Å². The first kappa shape index (κ1) is 19.2. The number of nitrogens with two attached hydrogens (primary N) is 1. The van der Waals surface area contributed by atoms with Crippen molar-refractivity contribution in [1.82, 2.24) is 24.5 Å². The monoisotopic (exact) mass is 416 g/mol. The van der Waals surface area contributed by atoms with Crippen LogP contribution in [0.15, 0.2) is 42.5 Å². The van der Waals surface area contributed by atoms with Crippen molar-refractivity contribution in [1.29, 1.82) is 5.26 Å². The topological polar surface area (TPSA) is 99.4 Å². The van der Waals surface area contributed by atoms with Crippen molar-refractivity contribution >= 4 is 28.2 Å².